The molecule has 0 aliphatic carbocycles. The van der Waals surface area contributed by atoms with E-state index in [-0.39, 0.29) is 0 Å². The lowest BCUT2D eigenvalue weighted by atomic mass is 10.0. The number of nitrogens with zero attached hydrogens (tertiary/aromatic N) is 2. The molecule has 1 aromatic heterocycles. The summed E-state index contributed by atoms with van der Waals surface area (Å²) in [5.41, 5.74) is 0. The van der Waals surface area contributed by atoms with Gasteiger partial charge in [0.2, 0.25) is 0 Å². The molecule has 1 aromatic rings. The molecular formula is C22H43N2+. The maximum Gasteiger partial charge on any atom is 0.253 e. The van der Waals surface area contributed by atoms with E-state index < -0.39 is 0 Å². The summed E-state index contributed by atoms with van der Waals surface area (Å²) in [4.78, 5) is 0. The molecule has 0 N–H and O–H groups in total. The van der Waals surface area contributed by atoms with Crippen LogP contribution in [0.4, 0.5) is 0 Å². The van der Waals surface area contributed by atoms with Crippen molar-refractivity contribution >= 4 is 0 Å². The third-order valence-electron chi connectivity index (χ3n) is 5.40. The van der Waals surface area contributed by atoms with Gasteiger partial charge in [-0.2, -0.15) is 0 Å². The van der Waals surface area contributed by atoms with Crippen LogP contribution in [0, 0.1) is 6.92 Å². The molecule has 2 heteroatoms. The van der Waals surface area contributed by atoms with E-state index in [2.05, 4.69) is 42.4 Å². The summed E-state index contributed by atoms with van der Waals surface area (Å²) in [7, 11) is 2.12. The highest BCUT2D eigenvalue weighted by atomic mass is 15.1. The molecule has 0 fully saturated rings. The third-order valence-corrected chi connectivity index (χ3v) is 5.40. The minimum Gasteiger partial charge on any atom is -0.237 e. The van der Waals surface area contributed by atoms with Crippen LogP contribution >= 0.6 is 0 Å². The van der Waals surface area contributed by atoms with Crippen molar-refractivity contribution in [2.24, 2.45) is 7.05 Å². The second-order valence-electron chi connectivity index (χ2n) is 7.60. The average Bonchev–Trinajstić information content (AvgIpc) is 2.90. The molecule has 0 aliphatic rings. The van der Waals surface area contributed by atoms with E-state index in [4.69, 9.17) is 0 Å². The standard InChI is InChI=1S/C22H43N2/c1-4-5-6-7-8-9-10-11-12-13-14-15-16-17-18-19-24-21-20-23(3)22(24)2/h20-21H,4-19H2,1-3H3/q+1. The summed E-state index contributed by atoms with van der Waals surface area (Å²) in [5, 5.41) is 0. The molecule has 2 nitrogen and oxygen atoms in total. The Labute approximate surface area is 151 Å². The molecule has 0 saturated heterocycles. The number of rotatable bonds is 16. The van der Waals surface area contributed by atoms with Crippen molar-refractivity contribution in [3.63, 3.8) is 0 Å². The van der Waals surface area contributed by atoms with E-state index in [1.807, 2.05) is 0 Å². The van der Waals surface area contributed by atoms with Gasteiger partial charge >= 0.3 is 0 Å². The lowest BCUT2D eigenvalue weighted by Crippen LogP contribution is -2.29. The Morgan fingerprint density at radius 2 is 1.12 bits per heavy atom. The quantitative estimate of drug-likeness (QED) is 0.241. The summed E-state index contributed by atoms with van der Waals surface area (Å²) in [5.74, 6) is 1.36. The molecule has 0 saturated carbocycles. The smallest absolute Gasteiger partial charge is 0.237 e. The Hall–Kier alpha value is -0.790. The van der Waals surface area contributed by atoms with Crippen LogP contribution in [0.3, 0.4) is 0 Å². The van der Waals surface area contributed by atoms with Crippen molar-refractivity contribution in [3.05, 3.63) is 18.2 Å². The van der Waals surface area contributed by atoms with Gasteiger partial charge in [-0.1, -0.05) is 90.4 Å². The number of unbranched alkanes of at least 4 members (excludes halogenated alkanes) is 14. The molecule has 140 valence electrons. The Morgan fingerprint density at radius 3 is 1.50 bits per heavy atom. The van der Waals surface area contributed by atoms with E-state index in [1.165, 1.54) is 109 Å². The number of hydrogen-bond donors (Lipinski definition) is 0. The van der Waals surface area contributed by atoms with Gasteiger partial charge in [0.05, 0.1) is 13.6 Å². The number of aryl methyl sites for hydroxylation is 2. The van der Waals surface area contributed by atoms with E-state index in [0.717, 1.165) is 0 Å². The van der Waals surface area contributed by atoms with E-state index in [0.29, 0.717) is 0 Å². The maximum atomic E-state index is 2.38. The van der Waals surface area contributed by atoms with Gasteiger partial charge in [0.25, 0.3) is 5.82 Å². The van der Waals surface area contributed by atoms with E-state index in [9.17, 15) is 0 Å². The van der Waals surface area contributed by atoms with Crippen molar-refractivity contribution in [3.8, 4) is 0 Å². The van der Waals surface area contributed by atoms with Crippen LogP contribution in [-0.4, -0.2) is 4.57 Å². The van der Waals surface area contributed by atoms with Gasteiger partial charge in [0.15, 0.2) is 0 Å². The first-order valence-corrected chi connectivity index (χ1v) is 10.8. The zero-order chi connectivity index (χ0) is 17.5. The molecule has 1 heterocycles. The highest BCUT2D eigenvalue weighted by molar-refractivity contribution is 4.78. The van der Waals surface area contributed by atoms with E-state index >= 15 is 0 Å². The van der Waals surface area contributed by atoms with Crippen LogP contribution in [0.1, 0.15) is 109 Å². The minimum atomic E-state index is 1.19. The van der Waals surface area contributed by atoms with Gasteiger partial charge < -0.3 is 0 Å². The molecule has 0 radical (unpaired) electrons. The van der Waals surface area contributed by atoms with Crippen molar-refractivity contribution in [1.82, 2.24) is 4.57 Å². The average molecular weight is 336 g/mol. The number of imidazole rings is 1. The number of aromatic nitrogens is 2. The van der Waals surface area contributed by atoms with Crippen LogP contribution < -0.4 is 4.57 Å². The molecule has 0 aliphatic heterocycles. The zero-order valence-electron chi connectivity index (χ0n) is 16.9. The fourth-order valence-corrected chi connectivity index (χ4v) is 3.49. The van der Waals surface area contributed by atoms with Gasteiger partial charge in [0, 0.05) is 6.92 Å². The third kappa shape index (κ3) is 10.2. The summed E-state index contributed by atoms with van der Waals surface area (Å²) in [6.07, 6.45) is 25.9. The van der Waals surface area contributed by atoms with Crippen molar-refractivity contribution in [1.29, 1.82) is 0 Å². The zero-order valence-corrected chi connectivity index (χ0v) is 16.9. The minimum absolute atomic E-state index is 1.19. The maximum absolute atomic E-state index is 2.38. The molecule has 0 aromatic carbocycles. The summed E-state index contributed by atoms with van der Waals surface area (Å²) < 4.78 is 4.58. The first kappa shape index (κ1) is 21.3. The van der Waals surface area contributed by atoms with Crippen molar-refractivity contribution in [2.45, 2.75) is 117 Å². The first-order chi connectivity index (χ1) is 11.8. The van der Waals surface area contributed by atoms with Crippen LogP contribution in [-0.2, 0) is 13.6 Å². The largest absolute Gasteiger partial charge is 0.253 e. The SMILES string of the molecule is CCCCCCCCCCCCCCCCCn1cc[n+](C)c1C. The summed E-state index contributed by atoms with van der Waals surface area (Å²) >= 11 is 0. The van der Waals surface area contributed by atoms with Crippen LogP contribution in [0.2, 0.25) is 0 Å². The van der Waals surface area contributed by atoms with Gasteiger partial charge in [-0.25, -0.2) is 9.13 Å². The molecule has 0 spiro atoms. The second-order valence-corrected chi connectivity index (χ2v) is 7.60. The Balaban J connectivity index is 1.77. The van der Waals surface area contributed by atoms with Gasteiger partial charge in [0.1, 0.15) is 12.4 Å². The fraction of sp³-hybridized carbons (Fsp3) is 0.864. The molecular weight excluding hydrogens is 292 g/mol. The van der Waals surface area contributed by atoms with Crippen LogP contribution in [0.15, 0.2) is 12.4 Å². The molecule has 0 amide bonds. The molecule has 1 rings (SSSR count). The first-order valence-electron chi connectivity index (χ1n) is 10.8. The fourth-order valence-electron chi connectivity index (χ4n) is 3.49. The molecule has 0 bridgehead atoms. The van der Waals surface area contributed by atoms with Crippen LogP contribution in [0.5, 0.6) is 0 Å². The molecule has 24 heavy (non-hydrogen) atoms. The summed E-state index contributed by atoms with van der Waals surface area (Å²) in [6, 6.07) is 0. The van der Waals surface area contributed by atoms with Crippen molar-refractivity contribution in [2.75, 3.05) is 0 Å². The molecule has 0 atom stereocenters. The highest BCUT2D eigenvalue weighted by Crippen LogP contribution is 2.13. The number of hydrogen-bond acceptors (Lipinski definition) is 0. The molecule has 0 unspecified atom stereocenters. The predicted octanol–water partition coefficient (Wildman–Crippen LogP) is 6.49. The lowest BCUT2D eigenvalue weighted by Gasteiger charge is -2.03. The Kier molecular flexibility index (Phi) is 12.9. The predicted molar refractivity (Wildman–Crippen MR) is 105 cm³/mol. The van der Waals surface area contributed by atoms with Gasteiger partial charge in [-0.15, -0.1) is 0 Å². The second kappa shape index (κ2) is 14.5. The Morgan fingerprint density at radius 1 is 0.708 bits per heavy atom. The van der Waals surface area contributed by atoms with E-state index in [1.54, 1.807) is 0 Å². The normalized spacial score (nSPS) is 11.3. The van der Waals surface area contributed by atoms with Gasteiger partial charge in [-0.05, 0) is 12.8 Å². The highest BCUT2D eigenvalue weighted by Gasteiger charge is 2.07. The topological polar surface area (TPSA) is 8.81 Å². The van der Waals surface area contributed by atoms with Gasteiger partial charge in [-0.3, -0.25) is 0 Å². The van der Waals surface area contributed by atoms with Crippen LogP contribution in [0.25, 0.3) is 0 Å². The lowest BCUT2D eigenvalue weighted by molar-refractivity contribution is -0.677. The van der Waals surface area contributed by atoms with Crippen molar-refractivity contribution < 1.29 is 4.57 Å². The Bertz CT molecular complexity index is 395. The monoisotopic (exact) mass is 335 g/mol. The summed E-state index contributed by atoms with van der Waals surface area (Å²) in [6.45, 7) is 5.68.